The van der Waals surface area contributed by atoms with Crippen LogP contribution >= 0.6 is 22.6 Å². The third-order valence-corrected chi connectivity index (χ3v) is 6.28. The molecule has 192 valence electrons. The van der Waals surface area contributed by atoms with Crippen molar-refractivity contribution < 1.29 is 24.2 Å². The fraction of sp³-hybridized carbons (Fsp3) is 0.640. The summed E-state index contributed by atoms with van der Waals surface area (Å²) in [4.78, 5) is 38.5. The van der Waals surface area contributed by atoms with E-state index < -0.39 is 36.2 Å². The molecule has 0 fully saturated rings. The molecule has 4 atom stereocenters. The van der Waals surface area contributed by atoms with Gasteiger partial charge < -0.3 is 25.8 Å². The van der Waals surface area contributed by atoms with Gasteiger partial charge in [-0.1, -0.05) is 94.5 Å². The van der Waals surface area contributed by atoms with Gasteiger partial charge in [0, 0.05) is 4.43 Å². The lowest BCUT2D eigenvalue weighted by atomic mass is 9.97. The molecule has 1 unspecified atom stereocenters. The predicted octanol–water partition coefficient (Wildman–Crippen LogP) is 3.41. The van der Waals surface area contributed by atoms with Gasteiger partial charge in [-0.15, -0.1) is 0 Å². The molecule has 8 nitrogen and oxygen atoms in total. The first-order valence-corrected chi connectivity index (χ1v) is 13.3. The second kappa shape index (κ2) is 15.2. The van der Waals surface area contributed by atoms with Crippen LogP contribution < -0.4 is 16.0 Å². The van der Waals surface area contributed by atoms with Crippen LogP contribution in [0.3, 0.4) is 0 Å². The van der Waals surface area contributed by atoms with E-state index in [4.69, 9.17) is 4.74 Å². The Kier molecular flexibility index (Phi) is 13.5. The summed E-state index contributed by atoms with van der Waals surface area (Å²) in [6.45, 7) is 11.5. The number of nitrogens with one attached hydrogen (secondary N) is 3. The molecule has 0 saturated carbocycles. The van der Waals surface area contributed by atoms with E-state index in [0.29, 0.717) is 10.8 Å². The summed E-state index contributed by atoms with van der Waals surface area (Å²) in [5, 5.41) is 18.6. The van der Waals surface area contributed by atoms with Crippen LogP contribution in [0.4, 0.5) is 4.79 Å². The van der Waals surface area contributed by atoms with E-state index in [1.54, 1.807) is 0 Å². The molecule has 4 N–H and O–H groups in total. The van der Waals surface area contributed by atoms with Crippen LogP contribution in [0.1, 0.15) is 53.5 Å². The van der Waals surface area contributed by atoms with Crippen LogP contribution in [-0.4, -0.2) is 51.7 Å². The molecule has 9 heteroatoms. The van der Waals surface area contributed by atoms with Crippen LogP contribution in [0.2, 0.25) is 0 Å². The summed E-state index contributed by atoms with van der Waals surface area (Å²) < 4.78 is 5.73. The van der Waals surface area contributed by atoms with Crippen molar-refractivity contribution >= 4 is 40.5 Å². The Bertz CT molecular complexity index is 773. The van der Waals surface area contributed by atoms with Gasteiger partial charge in [-0.2, -0.15) is 0 Å². The third kappa shape index (κ3) is 10.6. The molecule has 0 spiro atoms. The minimum absolute atomic E-state index is 0.0218. The summed E-state index contributed by atoms with van der Waals surface area (Å²) in [7, 11) is 0. The summed E-state index contributed by atoms with van der Waals surface area (Å²) in [5.41, 5.74) is 0.838. The van der Waals surface area contributed by atoms with Crippen molar-refractivity contribution in [3.63, 3.8) is 0 Å². The first-order chi connectivity index (χ1) is 16.0. The van der Waals surface area contributed by atoms with Gasteiger partial charge in [0.2, 0.25) is 11.8 Å². The first-order valence-electron chi connectivity index (χ1n) is 11.8. The molecule has 3 amide bonds. The second-order valence-corrected chi connectivity index (χ2v) is 10.5. The van der Waals surface area contributed by atoms with Crippen LogP contribution in [0.15, 0.2) is 30.3 Å². The van der Waals surface area contributed by atoms with Gasteiger partial charge in [0.1, 0.15) is 18.7 Å². The number of hydrogen-bond acceptors (Lipinski definition) is 5. The number of amides is 3. The zero-order valence-electron chi connectivity index (χ0n) is 21.0. The van der Waals surface area contributed by atoms with E-state index in [0.717, 1.165) is 5.56 Å². The predicted molar refractivity (Wildman–Crippen MR) is 141 cm³/mol. The van der Waals surface area contributed by atoms with Crippen molar-refractivity contribution in [2.45, 2.75) is 78.8 Å². The monoisotopic (exact) mass is 589 g/mol. The SMILES string of the molecule is CC(C)C[C@H](NC(=O)[C@@H](NC(=O)OCc1ccccc1)C(C)C)C(=O)N[C@@H](C(C)C)C(O)CI. The molecular formula is C25H40IN3O5. The van der Waals surface area contributed by atoms with Gasteiger partial charge in [0.25, 0.3) is 0 Å². The van der Waals surface area contributed by atoms with Gasteiger partial charge in [-0.05, 0) is 29.7 Å². The number of alkyl halides is 1. The van der Waals surface area contributed by atoms with Crippen molar-refractivity contribution in [3.8, 4) is 0 Å². The summed E-state index contributed by atoms with van der Waals surface area (Å²) in [6.07, 6.45) is -0.969. The number of ether oxygens (including phenoxy) is 1. The molecule has 0 aliphatic carbocycles. The second-order valence-electron chi connectivity index (χ2n) is 9.62. The first kappa shape index (κ1) is 30.2. The van der Waals surface area contributed by atoms with Crippen LogP contribution in [0.5, 0.6) is 0 Å². The van der Waals surface area contributed by atoms with Gasteiger partial charge >= 0.3 is 6.09 Å². The molecule has 1 aromatic carbocycles. The Hall–Kier alpha value is -1.88. The molecule has 1 rings (SSSR count). The largest absolute Gasteiger partial charge is 0.445 e. The van der Waals surface area contributed by atoms with E-state index >= 15 is 0 Å². The lowest BCUT2D eigenvalue weighted by molar-refractivity contribution is -0.131. The number of aliphatic hydroxyl groups excluding tert-OH is 1. The number of aliphatic hydroxyl groups is 1. The Morgan fingerprint density at radius 3 is 2.03 bits per heavy atom. The Balaban J connectivity index is 2.85. The normalized spacial score (nSPS) is 14.9. The van der Waals surface area contributed by atoms with E-state index in [-0.39, 0.29) is 30.3 Å². The fourth-order valence-electron chi connectivity index (χ4n) is 3.46. The number of halogens is 1. The van der Waals surface area contributed by atoms with Gasteiger partial charge in [0.05, 0.1) is 12.1 Å². The van der Waals surface area contributed by atoms with E-state index in [9.17, 15) is 19.5 Å². The van der Waals surface area contributed by atoms with Crippen LogP contribution in [-0.2, 0) is 20.9 Å². The van der Waals surface area contributed by atoms with Crippen molar-refractivity contribution in [3.05, 3.63) is 35.9 Å². The summed E-state index contributed by atoms with van der Waals surface area (Å²) >= 11 is 2.08. The molecule has 0 saturated heterocycles. The molecule has 0 heterocycles. The smallest absolute Gasteiger partial charge is 0.408 e. The Morgan fingerprint density at radius 2 is 1.53 bits per heavy atom. The maximum Gasteiger partial charge on any atom is 0.408 e. The highest BCUT2D eigenvalue weighted by molar-refractivity contribution is 14.1. The molecule has 0 aromatic heterocycles. The van der Waals surface area contributed by atoms with Crippen molar-refractivity contribution in [2.75, 3.05) is 4.43 Å². The van der Waals surface area contributed by atoms with Gasteiger partial charge in [-0.25, -0.2) is 4.79 Å². The maximum absolute atomic E-state index is 13.1. The van der Waals surface area contributed by atoms with Gasteiger partial charge in [0.15, 0.2) is 0 Å². The van der Waals surface area contributed by atoms with Crippen molar-refractivity contribution in [1.82, 2.24) is 16.0 Å². The summed E-state index contributed by atoms with van der Waals surface area (Å²) in [5.74, 6) is -0.865. The minimum atomic E-state index is -0.869. The molecule has 0 aliphatic rings. The number of rotatable bonds is 13. The summed E-state index contributed by atoms with van der Waals surface area (Å²) in [6, 6.07) is 7.17. The molecular weight excluding hydrogens is 549 g/mol. The number of benzene rings is 1. The lowest BCUT2D eigenvalue weighted by Gasteiger charge is -2.30. The number of carbonyl (C=O) groups is 3. The molecule has 0 aliphatic heterocycles. The molecule has 0 radical (unpaired) electrons. The highest BCUT2D eigenvalue weighted by Gasteiger charge is 2.32. The Morgan fingerprint density at radius 1 is 0.912 bits per heavy atom. The zero-order valence-corrected chi connectivity index (χ0v) is 23.2. The average molecular weight is 590 g/mol. The van der Waals surface area contributed by atoms with Gasteiger partial charge in [-0.3, -0.25) is 9.59 Å². The van der Waals surface area contributed by atoms with E-state index in [2.05, 4.69) is 38.5 Å². The van der Waals surface area contributed by atoms with Crippen molar-refractivity contribution in [1.29, 1.82) is 0 Å². The topological polar surface area (TPSA) is 117 Å². The number of alkyl carbamates (subject to hydrolysis) is 1. The van der Waals surface area contributed by atoms with Crippen molar-refractivity contribution in [2.24, 2.45) is 17.8 Å². The minimum Gasteiger partial charge on any atom is -0.445 e. The standard InChI is InChI=1S/C25H40IN3O5/c1-15(2)12-19(23(31)28-21(16(3)4)20(30)13-26)27-24(32)22(17(5)6)29-25(33)34-14-18-10-8-7-9-11-18/h7-11,15-17,19-22,30H,12-14H2,1-6H3,(H,27,32)(H,28,31)(H,29,33)/t19-,20?,21-,22-/m0/s1. The molecule has 1 aromatic rings. The average Bonchev–Trinajstić information content (AvgIpc) is 2.78. The molecule has 0 bridgehead atoms. The fourth-order valence-corrected chi connectivity index (χ4v) is 4.01. The highest BCUT2D eigenvalue weighted by atomic mass is 127. The third-order valence-electron chi connectivity index (χ3n) is 5.38. The maximum atomic E-state index is 13.1. The molecule has 34 heavy (non-hydrogen) atoms. The quantitative estimate of drug-likeness (QED) is 0.208. The number of carbonyl (C=O) groups excluding carboxylic acids is 3. The number of hydrogen-bond donors (Lipinski definition) is 4. The van der Waals surface area contributed by atoms with Crippen LogP contribution in [0.25, 0.3) is 0 Å². The zero-order chi connectivity index (χ0) is 25.8. The van der Waals surface area contributed by atoms with E-state index in [1.165, 1.54) is 0 Å². The Labute approximate surface area is 217 Å². The van der Waals surface area contributed by atoms with E-state index in [1.807, 2.05) is 71.9 Å². The lowest BCUT2D eigenvalue weighted by Crippen LogP contribution is -2.58. The van der Waals surface area contributed by atoms with Crippen LogP contribution in [0, 0.1) is 17.8 Å². The highest BCUT2D eigenvalue weighted by Crippen LogP contribution is 2.13.